The van der Waals surface area contributed by atoms with E-state index in [2.05, 4.69) is 24.2 Å². The molecule has 0 aliphatic carbocycles. The first-order valence-corrected chi connectivity index (χ1v) is 7.70. The summed E-state index contributed by atoms with van der Waals surface area (Å²) in [5, 5.41) is 4.49. The van der Waals surface area contributed by atoms with Crippen molar-refractivity contribution >= 4 is 6.03 Å². The molecule has 0 saturated carbocycles. The van der Waals surface area contributed by atoms with Crippen LogP contribution < -0.4 is 0 Å². The summed E-state index contributed by atoms with van der Waals surface area (Å²) in [6.45, 7) is 3.28. The molecule has 1 amide bonds. The summed E-state index contributed by atoms with van der Waals surface area (Å²) in [5.41, 5.74) is 5.19. The Balaban J connectivity index is 1.57. The Morgan fingerprint density at radius 2 is 1.78 bits per heavy atom. The van der Waals surface area contributed by atoms with Gasteiger partial charge in [0.25, 0.3) is 0 Å². The van der Waals surface area contributed by atoms with E-state index < -0.39 is 0 Å². The molecule has 1 aliphatic rings. The molecule has 0 radical (unpaired) electrons. The zero-order chi connectivity index (χ0) is 15.8. The number of carbonyl (C=O) groups excluding carboxylic acids is 1. The predicted molar refractivity (Wildman–Crippen MR) is 88.9 cm³/mol. The summed E-state index contributed by atoms with van der Waals surface area (Å²) >= 11 is 0. The summed E-state index contributed by atoms with van der Waals surface area (Å²) in [6.07, 6.45) is 0. The van der Waals surface area contributed by atoms with Gasteiger partial charge in [-0.05, 0) is 18.6 Å². The topological polar surface area (TPSA) is 38.1 Å². The Morgan fingerprint density at radius 3 is 2.48 bits per heavy atom. The molecular weight excluding hydrogens is 286 g/mol. The lowest BCUT2D eigenvalue weighted by Crippen LogP contribution is -2.26. The maximum atomic E-state index is 12.5. The van der Waals surface area contributed by atoms with E-state index in [1.165, 1.54) is 10.2 Å². The van der Waals surface area contributed by atoms with Crippen molar-refractivity contribution in [2.45, 2.75) is 20.0 Å². The van der Waals surface area contributed by atoms with Crippen molar-refractivity contribution in [1.29, 1.82) is 0 Å². The molecule has 0 N–H and O–H groups in total. The molecule has 23 heavy (non-hydrogen) atoms. The highest BCUT2D eigenvalue weighted by atomic mass is 16.2. The van der Waals surface area contributed by atoms with Crippen molar-refractivity contribution in [2.24, 2.45) is 0 Å². The van der Waals surface area contributed by atoms with Crippen LogP contribution in [0.25, 0.3) is 11.3 Å². The van der Waals surface area contributed by atoms with Gasteiger partial charge < -0.3 is 4.90 Å². The van der Waals surface area contributed by atoms with Gasteiger partial charge >= 0.3 is 6.03 Å². The number of rotatable bonds is 3. The SMILES string of the molecule is Cc1ccc(-c2cc3n(n2)C(=O)N(Cc2ccccc2)C3)cc1. The summed E-state index contributed by atoms with van der Waals surface area (Å²) in [7, 11) is 0. The Labute approximate surface area is 135 Å². The highest BCUT2D eigenvalue weighted by molar-refractivity contribution is 5.80. The number of hydrogen-bond acceptors (Lipinski definition) is 2. The first-order valence-electron chi connectivity index (χ1n) is 7.70. The van der Waals surface area contributed by atoms with E-state index in [9.17, 15) is 4.79 Å². The number of benzene rings is 2. The fourth-order valence-corrected chi connectivity index (χ4v) is 2.89. The molecule has 114 valence electrons. The molecule has 0 unspecified atom stereocenters. The normalized spacial score (nSPS) is 13.4. The number of fused-ring (bicyclic) bond motifs is 1. The zero-order valence-electron chi connectivity index (χ0n) is 12.9. The van der Waals surface area contributed by atoms with Crippen LogP contribution in [0, 0.1) is 6.92 Å². The fourth-order valence-electron chi connectivity index (χ4n) is 2.89. The van der Waals surface area contributed by atoms with E-state index in [0.29, 0.717) is 13.1 Å². The number of nitrogens with zero attached hydrogens (tertiary/aromatic N) is 3. The van der Waals surface area contributed by atoms with Gasteiger partial charge in [0.1, 0.15) is 0 Å². The standard InChI is InChI=1S/C19H17N3O/c1-14-7-9-16(10-8-14)18-11-17-13-21(19(23)22(17)20-18)12-15-5-3-2-4-6-15/h2-11H,12-13H2,1H3. The second-order valence-electron chi connectivity index (χ2n) is 5.92. The van der Waals surface area contributed by atoms with Gasteiger partial charge in [-0.3, -0.25) is 0 Å². The number of aromatic nitrogens is 2. The summed E-state index contributed by atoms with van der Waals surface area (Å²) in [6, 6.07) is 20.2. The van der Waals surface area contributed by atoms with Crippen molar-refractivity contribution in [3.05, 3.63) is 77.5 Å². The van der Waals surface area contributed by atoms with Gasteiger partial charge in [-0.1, -0.05) is 60.2 Å². The van der Waals surface area contributed by atoms with E-state index >= 15 is 0 Å². The number of hydrogen-bond donors (Lipinski definition) is 0. The molecule has 4 rings (SSSR count). The number of aryl methyl sites for hydroxylation is 1. The molecule has 4 heteroatoms. The van der Waals surface area contributed by atoms with Crippen LogP contribution in [0.4, 0.5) is 4.79 Å². The summed E-state index contributed by atoms with van der Waals surface area (Å²) in [5.74, 6) is 0. The van der Waals surface area contributed by atoms with E-state index in [-0.39, 0.29) is 6.03 Å². The van der Waals surface area contributed by atoms with Gasteiger partial charge in [-0.15, -0.1) is 0 Å². The van der Waals surface area contributed by atoms with Crippen molar-refractivity contribution in [3.8, 4) is 11.3 Å². The average Bonchev–Trinajstić information content (AvgIpc) is 3.10. The molecule has 1 aliphatic heterocycles. The maximum absolute atomic E-state index is 12.5. The van der Waals surface area contributed by atoms with Crippen LogP contribution in [0.1, 0.15) is 16.8 Å². The Bertz CT molecular complexity index is 850. The number of amides is 1. The fraction of sp³-hybridized carbons (Fsp3) is 0.158. The third-order valence-electron chi connectivity index (χ3n) is 4.15. The minimum Gasteiger partial charge on any atom is -0.313 e. The molecule has 0 bridgehead atoms. The van der Waals surface area contributed by atoms with E-state index in [1.807, 2.05) is 53.4 Å². The van der Waals surface area contributed by atoms with Gasteiger partial charge in [0.05, 0.1) is 17.9 Å². The van der Waals surface area contributed by atoms with Crippen LogP contribution in [0.15, 0.2) is 60.7 Å². The molecule has 0 saturated heterocycles. The molecular formula is C19H17N3O. The molecule has 0 spiro atoms. The number of carbonyl (C=O) groups is 1. The van der Waals surface area contributed by atoms with Gasteiger partial charge in [-0.25, -0.2) is 4.79 Å². The monoisotopic (exact) mass is 303 g/mol. The van der Waals surface area contributed by atoms with Gasteiger partial charge in [-0.2, -0.15) is 9.78 Å². The highest BCUT2D eigenvalue weighted by Crippen LogP contribution is 2.25. The Kier molecular flexibility index (Phi) is 3.23. The van der Waals surface area contributed by atoms with E-state index in [4.69, 9.17) is 0 Å². The van der Waals surface area contributed by atoms with Gasteiger partial charge in [0, 0.05) is 12.1 Å². The lowest BCUT2D eigenvalue weighted by Gasteiger charge is -2.14. The second kappa shape index (κ2) is 5.39. The van der Waals surface area contributed by atoms with E-state index in [0.717, 1.165) is 22.5 Å². The lowest BCUT2D eigenvalue weighted by atomic mass is 10.1. The smallest absolute Gasteiger partial charge is 0.313 e. The van der Waals surface area contributed by atoms with Crippen LogP contribution in [0.3, 0.4) is 0 Å². The Hall–Kier alpha value is -2.88. The first kappa shape index (κ1) is 13.8. The van der Waals surface area contributed by atoms with Crippen LogP contribution in [-0.4, -0.2) is 20.7 Å². The quantitative estimate of drug-likeness (QED) is 0.737. The van der Waals surface area contributed by atoms with Crippen molar-refractivity contribution in [2.75, 3.05) is 0 Å². The van der Waals surface area contributed by atoms with Gasteiger partial charge in [0.2, 0.25) is 0 Å². The zero-order valence-corrected chi connectivity index (χ0v) is 12.9. The summed E-state index contributed by atoms with van der Waals surface area (Å²) < 4.78 is 1.53. The predicted octanol–water partition coefficient (Wildman–Crippen LogP) is 3.84. The third kappa shape index (κ3) is 2.52. The first-order chi connectivity index (χ1) is 11.2. The molecule has 2 aromatic carbocycles. The van der Waals surface area contributed by atoms with Crippen LogP contribution in [0.2, 0.25) is 0 Å². The minimum absolute atomic E-state index is 0.0535. The molecule has 2 heterocycles. The summed E-state index contributed by atoms with van der Waals surface area (Å²) in [4.78, 5) is 14.3. The third-order valence-corrected chi connectivity index (χ3v) is 4.15. The van der Waals surface area contributed by atoms with Gasteiger partial charge in [0.15, 0.2) is 0 Å². The molecule has 3 aromatic rings. The molecule has 0 atom stereocenters. The Morgan fingerprint density at radius 1 is 1.04 bits per heavy atom. The minimum atomic E-state index is -0.0535. The van der Waals surface area contributed by atoms with E-state index in [1.54, 1.807) is 0 Å². The second-order valence-corrected chi connectivity index (χ2v) is 5.92. The largest absolute Gasteiger partial charge is 0.345 e. The van der Waals surface area contributed by atoms with Crippen LogP contribution >= 0.6 is 0 Å². The van der Waals surface area contributed by atoms with Crippen LogP contribution in [-0.2, 0) is 13.1 Å². The van der Waals surface area contributed by atoms with Crippen molar-refractivity contribution < 1.29 is 4.79 Å². The van der Waals surface area contributed by atoms with Crippen LogP contribution in [0.5, 0.6) is 0 Å². The molecule has 0 fully saturated rings. The van der Waals surface area contributed by atoms with Crippen molar-refractivity contribution in [1.82, 2.24) is 14.7 Å². The highest BCUT2D eigenvalue weighted by Gasteiger charge is 2.29. The van der Waals surface area contributed by atoms with Crippen molar-refractivity contribution in [3.63, 3.8) is 0 Å². The molecule has 4 nitrogen and oxygen atoms in total. The lowest BCUT2D eigenvalue weighted by molar-refractivity contribution is 0.205. The average molecular weight is 303 g/mol. The maximum Gasteiger partial charge on any atom is 0.345 e. The molecule has 1 aromatic heterocycles.